The summed E-state index contributed by atoms with van der Waals surface area (Å²) in [5.74, 6) is -1.11. The van der Waals surface area contributed by atoms with Gasteiger partial charge in [-0.2, -0.15) is 5.10 Å². The van der Waals surface area contributed by atoms with Crippen LogP contribution in [-0.2, 0) is 9.53 Å². The van der Waals surface area contributed by atoms with E-state index in [0.717, 1.165) is 16.1 Å². The number of carbonyl (C=O) groups is 2. The van der Waals surface area contributed by atoms with Crippen molar-refractivity contribution in [2.45, 2.75) is 33.7 Å². The lowest BCUT2D eigenvalue weighted by molar-refractivity contribution is -0.119. The number of hydrogen-bond acceptors (Lipinski definition) is 8. The summed E-state index contributed by atoms with van der Waals surface area (Å²) in [5, 5.41) is 16.3. The van der Waals surface area contributed by atoms with Crippen molar-refractivity contribution in [3.8, 4) is 11.3 Å². The summed E-state index contributed by atoms with van der Waals surface area (Å²) >= 11 is 1.24. The molecule has 9 nitrogen and oxygen atoms in total. The van der Waals surface area contributed by atoms with Crippen LogP contribution in [0.25, 0.3) is 22.3 Å². The number of benzene rings is 1. The number of fused-ring (bicyclic) bond motifs is 1. The highest BCUT2D eigenvalue weighted by atomic mass is 32.1. The highest BCUT2D eigenvalue weighted by Crippen LogP contribution is 2.28. The van der Waals surface area contributed by atoms with Gasteiger partial charge in [0.25, 0.3) is 5.91 Å². The molecule has 0 saturated heterocycles. The molecule has 0 atom stereocenters. The zero-order valence-electron chi connectivity index (χ0n) is 18.1. The van der Waals surface area contributed by atoms with E-state index in [9.17, 15) is 9.59 Å². The maximum absolute atomic E-state index is 13.0. The summed E-state index contributed by atoms with van der Waals surface area (Å²) in [5.41, 5.74) is 3.46. The molecule has 164 valence electrons. The predicted octanol–water partition coefficient (Wildman–Crippen LogP) is 3.94. The van der Waals surface area contributed by atoms with Gasteiger partial charge in [-0.25, -0.2) is 14.5 Å². The molecule has 0 aliphatic rings. The molecule has 3 aromatic heterocycles. The van der Waals surface area contributed by atoms with Gasteiger partial charge in [-0.15, -0.1) is 10.2 Å². The second-order valence-electron chi connectivity index (χ2n) is 7.54. The number of ether oxygens (including phenoxy) is 1. The van der Waals surface area contributed by atoms with Crippen LogP contribution in [0, 0.1) is 13.8 Å². The van der Waals surface area contributed by atoms with E-state index in [0.29, 0.717) is 27.4 Å². The van der Waals surface area contributed by atoms with Gasteiger partial charge in [-0.05, 0) is 39.3 Å². The maximum Gasteiger partial charge on any atom is 0.339 e. The molecule has 32 heavy (non-hydrogen) atoms. The lowest BCUT2D eigenvalue weighted by Crippen LogP contribution is -2.21. The number of hydrogen-bond donors (Lipinski definition) is 1. The Bertz CT molecular complexity index is 1310. The van der Waals surface area contributed by atoms with Crippen LogP contribution in [0.15, 0.2) is 36.5 Å². The van der Waals surface area contributed by atoms with Crippen LogP contribution < -0.4 is 5.32 Å². The second kappa shape index (κ2) is 8.83. The van der Waals surface area contributed by atoms with Crippen LogP contribution in [0.2, 0.25) is 0 Å². The van der Waals surface area contributed by atoms with E-state index < -0.39 is 18.5 Å². The number of pyridine rings is 1. The minimum atomic E-state index is -0.626. The largest absolute Gasteiger partial charge is 0.452 e. The standard InChI is InChI=1S/C22H22N6O3S/c1-12(2)28-20-17(10-23-28)16(9-18(24-20)15-8-6-5-7-13(15)3)21(30)31-11-19(29)25-22-27-26-14(4)32-22/h5-10,12H,11H2,1-4H3,(H,25,27,29). The molecular formula is C22H22N6O3S. The van der Waals surface area contributed by atoms with Crippen molar-refractivity contribution in [1.29, 1.82) is 0 Å². The smallest absolute Gasteiger partial charge is 0.339 e. The molecular weight excluding hydrogens is 428 g/mol. The van der Waals surface area contributed by atoms with Crippen LogP contribution in [-0.4, -0.2) is 43.4 Å². The molecule has 0 aliphatic carbocycles. The first-order chi connectivity index (χ1) is 15.3. The second-order valence-corrected chi connectivity index (χ2v) is 8.72. The molecule has 0 fully saturated rings. The Morgan fingerprint density at radius 3 is 2.66 bits per heavy atom. The summed E-state index contributed by atoms with van der Waals surface area (Å²) in [7, 11) is 0. The first kappa shape index (κ1) is 21.6. The van der Waals surface area contributed by atoms with E-state index >= 15 is 0 Å². The minimum absolute atomic E-state index is 0.0529. The predicted molar refractivity (Wildman–Crippen MR) is 122 cm³/mol. The normalized spacial score (nSPS) is 11.2. The summed E-state index contributed by atoms with van der Waals surface area (Å²) in [4.78, 5) is 29.9. The van der Waals surface area contributed by atoms with Gasteiger partial charge in [0.1, 0.15) is 5.01 Å². The number of nitrogens with one attached hydrogen (secondary N) is 1. The van der Waals surface area contributed by atoms with Gasteiger partial charge < -0.3 is 4.74 Å². The van der Waals surface area contributed by atoms with Crippen molar-refractivity contribution in [2.75, 3.05) is 11.9 Å². The van der Waals surface area contributed by atoms with Crippen LogP contribution in [0.1, 0.15) is 40.8 Å². The lowest BCUT2D eigenvalue weighted by atomic mass is 10.0. The van der Waals surface area contributed by atoms with E-state index in [1.54, 1.807) is 23.9 Å². The minimum Gasteiger partial charge on any atom is -0.452 e. The fourth-order valence-electron chi connectivity index (χ4n) is 3.27. The van der Waals surface area contributed by atoms with E-state index in [1.807, 2.05) is 45.0 Å². The van der Waals surface area contributed by atoms with Gasteiger partial charge in [-0.1, -0.05) is 35.6 Å². The van der Waals surface area contributed by atoms with Gasteiger partial charge in [0.05, 0.1) is 22.8 Å². The summed E-state index contributed by atoms with van der Waals surface area (Å²) in [6.07, 6.45) is 1.60. The molecule has 4 rings (SSSR count). The molecule has 0 aliphatic heterocycles. The third kappa shape index (κ3) is 4.35. The maximum atomic E-state index is 13.0. The monoisotopic (exact) mass is 450 g/mol. The number of amides is 1. The molecule has 1 aromatic carbocycles. The molecule has 0 bridgehead atoms. The topological polar surface area (TPSA) is 112 Å². The number of aryl methyl sites for hydroxylation is 2. The van der Waals surface area contributed by atoms with Gasteiger partial charge in [0.2, 0.25) is 5.13 Å². The Morgan fingerprint density at radius 2 is 1.97 bits per heavy atom. The highest BCUT2D eigenvalue weighted by Gasteiger charge is 2.21. The van der Waals surface area contributed by atoms with Gasteiger partial charge in [-0.3, -0.25) is 10.1 Å². The number of carbonyl (C=O) groups excluding carboxylic acids is 2. The first-order valence-electron chi connectivity index (χ1n) is 10.0. The van der Waals surface area contributed by atoms with Gasteiger partial charge in [0.15, 0.2) is 12.3 Å². The average molecular weight is 451 g/mol. The first-order valence-corrected chi connectivity index (χ1v) is 10.9. The van der Waals surface area contributed by atoms with Gasteiger partial charge in [0, 0.05) is 11.6 Å². The van der Waals surface area contributed by atoms with Crippen molar-refractivity contribution in [3.63, 3.8) is 0 Å². The molecule has 0 spiro atoms. The molecule has 0 saturated carbocycles. The lowest BCUT2D eigenvalue weighted by Gasteiger charge is -2.12. The third-order valence-electron chi connectivity index (χ3n) is 4.80. The van der Waals surface area contributed by atoms with E-state index in [2.05, 4.69) is 20.6 Å². The Hall–Kier alpha value is -3.66. The van der Waals surface area contributed by atoms with Crippen LogP contribution in [0.4, 0.5) is 5.13 Å². The van der Waals surface area contributed by atoms with Crippen molar-refractivity contribution in [3.05, 3.63) is 52.7 Å². The van der Waals surface area contributed by atoms with Crippen molar-refractivity contribution in [1.82, 2.24) is 25.0 Å². The summed E-state index contributed by atoms with van der Waals surface area (Å²) < 4.78 is 7.07. The Morgan fingerprint density at radius 1 is 1.19 bits per heavy atom. The van der Waals surface area contributed by atoms with E-state index in [1.165, 1.54) is 11.3 Å². The number of esters is 1. The average Bonchev–Trinajstić information content (AvgIpc) is 3.37. The molecule has 0 unspecified atom stereocenters. The van der Waals surface area contributed by atoms with E-state index in [4.69, 9.17) is 9.72 Å². The Balaban J connectivity index is 1.65. The molecule has 3 heterocycles. The molecule has 1 amide bonds. The Kier molecular flexibility index (Phi) is 5.95. The zero-order chi connectivity index (χ0) is 22.8. The quantitative estimate of drug-likeness (QED) is 0.443. The fraction of sp³-hybridized carbons (Fsp3) is 0.273. The molecule has 0 radical (unpaired) electrons. The molecule has 10 heteroatoms. The van der Waals surface area contributed by atoms with Crippen molar-refractivity contribution < 1.29 is 14.3 Å². The summed E-state index contributed by atoms with van der Waals surface area (Å²) in [6, 6.07) is 9.54. The Labute approximate surface area is 188 Å². The summed E-state index contributed by atoms with van der Waals surface area (Å²) in [6.45, 7) is 7.31. The van der Waals surface area contributed by atoms with Crippen molar-refractivity contribution >= 4 is 39.4 Å². The van der Waals surface area contributed by atoms with Crippen LogP contribution in [0.5, 0.6) is 0 Å². The highest BCUT2D eigenvalue weighted by molar-refractivity contribution is 7.15. The number of rotatable bonds is 6. The molecule has 4 aromatic rings. The number of anilines is 1. The van der Waals surface area contributed by atoms with Gasteiger partial charge >= 0.3 is 5.97 Å². The SMILES string of the molecule is Cc1nnc(NC(=O)COC(=O)c2cc(-c3ccccc3C)nc3c2cnn3C(C)C)s1. The van der Waals surface area contributed by atoms with Crippen molar-refractivity contribution in [2.24, 2.45) is 0 Å². The number of aromatic nitrogens is 5. The third-order valence-corrected chi connectivity index (χ3v) is 5.56. The van der Waals surface area contributed by atoms with Crippen LogP contribution in [0.3, 0.4) is 0 Å². The van der Waals surface area contributed by atoms with E-state index in [-0.39, 0.29) is 6.04 Å². The molecule has 1 N–H and O–H groups in total. The van der Waals surface area contributed by atoms with Crippen LogP contribution >= 0.6 is 11.3 Å². The zero-order valence-corrected chi connectivity index (χ0v) is 18.9. The fourth-order valence-corrected chi connectivity index (χ4v) is 3.88. The number of nitrogens with zero attached hydrogens (tertiary/aromatic N) is 5.